The van der Waals surface area contributed by atoms with Gasteiger partial charge in [0.15, 0.2) is 0 Å². The third-order valence-corrected chi connectivity index (χ3v) is 12.3. The molecule has 0 saturated carbocycles. The summed E-state index contributed by atoms with van der Waals surface area (Å²) in [5, 5.41) is 2.34. The van der Waals surface area contributed by atoms with E-state index in [0.717, 1.165) is 11.8 Å². The molecule has 0 amide bonds. The van der Waals surface area contributed by atoms with E-state index in [1.54, 1.807) is 0 Å². The van der Waals surface area contributed by atoms with Gasteiger partial charge in [0, 0.05) is 50.6 Å². The highest BCUT2D eigenvalue weighted by atomic mass is 32.1. The maximum absolute atomic E-state index is 4.15. The van der Waals surface area contributed by atoms with E-state index >= 15 is 0 Å². The normalized spacial score (nSPS) is 13.2. The topological polar surface area (TPSA) is 0 Å². The predicted octanol–water partition coefficient (Wildman–Crippen LogP) is 13.1. The molecule has 4 aromatic heterocycles. The largest absolute Gasteiger partial charge is 0.142 e. The molecule has 4 aromatic rings. The number of rotatable bonds is 16. The Morgan fingerprint density at radius 3 is 1.89 bits per heavy atom. The van der Waals surface area contributed by atoms with Crippen LogP contribution in [0.2, 0.25) is 0 Å². The second-order valence-electron chi connectivity index (χ2n) is 10.6. The zero-order chi connectivity index (χ0) is 26.9. The molecule has 4 heteroatoms. The van der Waals surface area contributed by atoms with Gasteiger partial charge in [0.05, 0.1) is 0 Å². The van der Waals surface area contributed by atoms with E-state index in [4.69, 9.17) is 0 Å². The molecule has 0 bridgehead atoms. The van der Waals surface area contributed by atoms with Gasteiger partial charge >= 0.3 is 0 Å². The van der Waals surface area contributed by atoms with Gasteiger partial charge in [-0.25, -0.2) is 0 Å². The highest BCUT2D eigenvalue weighted by Crippen LogP contribution is 2.44. The average molecular weight is 581 g/mol. The highest BCUT2D eigenvalue weighted by molar-refractivity contribution is 7.23. The van der Waals surface area contributed by atoms with Crippen LogP contribution in [0.4, 0.5) is 0 Å². The van der Waals surface area contributed by atoms with Crippen LogP contribution in [0.1, 0.15) is 93.7 Å². The molecule has 0 N–H and O–H groups in total. The van der Waals surface area contributed by atoms with E-state index in [1.165, 1.54) is 109 Å². The van der Waals surface area contributed by atoms with Gasteiger partial charge < -0.3 is 0 Å². The Labute approximate surface area is 247 Å². The number of hydrogen-bond donors (Lipinski definition) is 0. The summed E-state index contributed by atoms with van der Waals surface area (Å²) >= 11 is 7.73. The van der Waals surface area contributed by atoms with Gasteiger partial charge in [0.25, 0.3) is 0 Å². The maximum atomic E-state index is 4.15. The Hall–Kier alpha value is -1.46. The Morgan fingerprint density at radius 1 is 0.711 bits per heavy atom. The van der Waals surface area contributed by atoms with Crippen LogP contribution in [-0.4, -0.2) is 0 Å². The monoisotopic (exact) mass is 580 g/mol. The number of unbranched alkanes of at least 4 members (excludes halogenated alkanes) is 2. The fourth-order valence-corrected chi connectivity index (χ4v) is 9.62. The fourth-order valence-electron chi connectivity index (χ4n) is 5.20. The smallest absolute Gasteiger partial charge is 0.0455 e. The summed E-state index contributed by atoms with van der Waals surface area (Å²) < 4.78 is 0. The molecule has 0 saturated heterocycles. The molecule has 2 unspecified atom stereocenters. The molecular weight excluding hydrogens is 537 g/mol. The second kappa shape index (κ2) is 14.8. The van der Waals surface area contributed by atoms with Gasteiger partial charge in [-0.15, -0.1) is 45.3 Å². The van der Waals surface area contributed by atoms with Gasteiger partial charge in [-0.3, -0.25) is 0 Å². The third-order valence-electron chi connectivity index (χ3n) is 7.73. The van der Waals surface area contributed by atoms with Crippen molar-refractivity contribution in [1.82, 2.24) is 0 Å². The molecule has 0 aromatic carbocycles. The van der Waals surface area contributed by atoms with Crippen molar-refractivity contribution >= 4 is 51.4 Å². The first-order chi connectivity index (χ1) is 18.6. The molecule has 0 aliphatic heterocycles. The van der Waals surface area contributed by atoms with E-state index in [-0.39, 0.29) is 0 Å². The van der Waals surface area contributed by atoms with Gasteiger partial charge in [-0.1, -0.05) is 91.7 Å². The zero-order valence-corrected chi connectivity index (χ0v) is 27.0. The van der Waals surface area contributed by atoms with Gasteiger partial charge in [0.1, 0.15) is 0 Å². The van der Waals surface area contributed by atoms with Crippen LogP contribution < -0.4 is 0 Å². The third kappa shape index (κ3) is 7.59. The molecular formula is C34H44S4. The Kier molecular flexibility index (Phi) is 11.5. The van der Waals surface area contributed by atoms with E-state index in [0.29, 0.717) is 0 Å². The number of hydrogen-bond acceptors (Lipinski definition) is 4. The summed E-state index contributed by atoms with van der Waals surface area (Å²) in [6, 6.07) is 14.2. The van der Waals surface area contributed by atoms with E-state index < -0.39 is 0 Å². The minimum atomic E-state index is 0.810. The van der Waals surface area contributed by atoms with Gasteiger partial charge in [-0.05, 0) is 61.1 Å². The summed E-state index contributed by atoms with van der Waals surface area (Å²) in [7, 11) is 0. The van der Waals surface area contributed by atoms with Crippen molar-refractivity contribution in [3.8, 4) is 30.6 Å². The van der Waals surface area contributed by atoms with Crippen LogP contribution in [0.3, 0.4) is 0 Å². The summed E-state index contributed by atoms with van der Waals surface area (Å²) in [5.74, 6) is 1.63. The molecule has 0 fully saturated rings. The summed E-state index contributed by atoms with van der Waals surface area (Å²) in [6.45, 7) is 13.4. The van der Waals surface area contributed by atoms with Gasteiger partial charge in [0.2, 0.25) is 0 Å². The van der Waals surface area contributed by atoms with Crippen molar-refractivity contribution in [3.05, 3.63) is 63.0 Å². The van der Waals surface area contributed by atoms with Crippen molar-refractivity contribution in [2.24, 2.45) is 11.8 Å². The van der Waals surface area contributed by atoms with Crippen LogP contribution in [0.5, 0.6) is 0 Å². The van der Waals surface area contributed by atoms with E-state index in [1.807, 2.05) is 51.4 Å². The molecule has 4 rings (SSSR count). The van der Waals surface area contributed by atoms with Crippen molar-refractivity contribution in [1.29, 1.82) is 0 Å². The Bertz CT molecular complexity index is 1260. The predicted molar refractivity (Wildman–Crippen MR) is 178 cm³/mol. The van der Waals surface area contributed by atoms with Crippen LogP contribution in [-0.2, 0) is 12.8 Å². The molecule has 38 heavy (non-hydrogen) atoms. The van der Waals surface area contributed by atoms with Crippen molar-refractivity contribution in [3.63, 3.8) is 0 Å². The minimum Gasteiger partial charge on any atom is -0.142 e. The lowest BCUT2D eigenvalue weighted by molar-refractivity contribution is 0.452. The molecule has 4 heterocycles. The van der Waals surface area contributed by atoms with Crippen molar-refractivity contribution in [2.45, 2.75) is 91.9 Å². The summed E-state index contributed by atoms with van der Waals surface area (Å²) in [5.41, 5.74) is 2.72. The zero-order valence-electron chi connectivity index (χ0n) is 23.7. The van der Waals surface area contributed by atoms with Crippen LogP contribution in [0.25, 0.3) is 36.7 Å². The van der Waals surface area contributed by atoms with E-state index in [9.17, 15) is 0 Å². The van der Waals surface area contributed by atoms with E-state index in [2.05, 4.69) is 76.1 Å². The first kappa shape index (κ1) is 29.5. The SMILES string of the molecule is C=Cc1sc(-c2cc(-c3ccc(CC(CC)CCCC)s3)cs2)cc1-c1ccc(CC(CC)CCCC)s1. The fraction of sp³-hybridized carbons (Fsp3) is 0.471. The number of thiophene rings is 4. The molecule has 0 nitrogen and oxygen atoms in total. The molecule has 0 spiro atoms. The lowest BCUT2D eigenvalue weighted by atomic mass is 9.95. The quantitative estimate of drug-likeness (QED) is 0.124. The van der Waals surface area contributed by atoms with Crippen molar-refractivity contribution in [2.75, 3.05) is 0 Å². The maximum Gasteiger partial charge on any atom is 0.0455 e. The Balaban J connectivity index is 1.48. The highest BCUT2D eigenvalue weighted by Gasteiger charge is 2.17. The average Bonchev–Trinajstić information content (AvgIpc) is 3.74. The van der Waals surface area contributed by atoms with Gasteiger partial charge in [-0.2, -0.15) is 0 Å². The summed E-state index contributed by atoms with van der Waals surface area (Å²) in [6.07, 6.45) is 15.1. The standard InChI is InChI=1S/C34H44S4/c1-6-11-13-24(8-3)19-27-15-17-31(36-27)26-21-33(35-23-26)34-22-29(30(10-5)38-34)32-18-16-28(37-32)20-25(9-4)14-12-7-2/h10,15-18,21-25H,5-9,11-14,19-20H2,1-4H3. The first-order valence-electron chi connectivity index (χ1n) is 14.6. The Morgan fingerprint density at radius 2 is 1.32 bits per heavy atom. The molecule has 0 radical (unpaired) electrons. The molecule has 0 aliphatic rings. The van der Waals surface area contributed by atoms with Crippen molar-refractivity contribution < 1.29 is 0 Å². The first-order valence-corrected chi connectivity index (χ1v) is 17.9. The van der Waals surface area contributed by atoms with Crippen LogP contribution in [0, 0.1) is 11.8 Å². The minimum absolute atomic E-state index is 0.810. The van der Waals surface area contributed by atoms with Crippen LogP contribution in [0.15, 0.2) is 48.4 Å². The second-order valence-corrected chi connectivity index (χ2v) is 14.9. The summed E-state index contributed by atoms with van der Waals surface area (Å²) in [4.78, 5) is 9.87. The lowest BCUT2D eigenvalue weighted by Gasteiger charge is -2.12. The molecule has 204 valence electrons. The lowest BCUT2D eigenvalue weighted by Crippen LogP contribution is -2.01. The molecule has 0 aliphatic carbocycles. The molecule has 2 atom stereocenters. The van der Waals surface area contributed by atoms with Crippen LogP contribution >= 0.6 is 45.3 Å².